The fraction of sp³-hybridized carbons (Fsp3) is 0.524. The summed E-state index contributed by atoms with van der Waals surface area (Å²) in [7, 11) is 1.55. The first kappa shape index (κ1) is 19.0. The number of imide groups is 1. The van der Waals surface area contributed by atoms with Crippen LogP contribution in [0.15, 0.2) is 30.6 Å². The molecule has 2 aromatic rings. The third kappa shape index (κ3) is 3.04. The summed E-state index contributed by atoms with van der Waals surface area (Å²) in [6.07, 6.45) is 2.67. The Balaban J connectivity index is 1.28. The number of amides is 4. The van der Waals surface area contributed by atoms with Gasteiger partial charge in [-0.25, -0.2) is 9.78 Å². The Kier molecular flexibility index (Phi) is 4.50. The number of rotatable bonds is 3. The van der Waals surface area contributed by atoms with Gasteiger partial charge in [0.25, 0.3) is 5.91 Å². The van der Waals surface area contributed by atoms with E-state index in [1.807, 2.05) is 24.3 Å². The van der Waals surface area contributed by atoms with Gasteiger partial charge in [-0.3, -0.25) is 14.5 Å². The van der Waals surface area contributed by atoms with Crippen LogP contribution in [0, 0.1) is 11.8 Å². The number of imidazole rings is 1. The van der Waals surface area contributed by atoms with Crippen molar-refractivity contribution in [1.29, 1.82) is 0 Å². The van der Waals surface area contributed by atoms with Crippen molar-refractivity contribution in [2.75, 3.05) is 33.2 Å². The first-order chi connectivity index (χ1) is 14.4. The molecule has 3 aliphatic rings. The number of carbonyl (C=O) groups excluding carboxylic acids is 3. The van der Waals surface area contributed by atoms with E-state index in [1.54, 1.807) is 18.3 Å². The minimum atomic E-state index is -0.505. The summed E-state index contributed by atoms with van der Waals surface area (Å²) in [4.78, 5) is 45.4. The monoisotopic (exact) mass is 411 g/mol. The molecule has 1 saturated carbocycles. The van der Waals surface area contributed by atoms with Crippen molar-refractivity contribution in [3.8, 4) is 0 Å². The maximum Gasteiger partial charge on any atom is 0.327 e. The van der Waals surface area contributed by atoms with Crippen molar-refractivity contribution in [3.63, 3.8) is 0 Å². The van der Waals surface area contributed by atoms with Crippen molar-refractivity contribution in [3.05, 3.63) is 30.6 Å². The van der Waals surface area contributed by atoms with Gasteiger partial charge in [0.2, 0.25) is 5.91 Å². The number of hydrogen-bond donors (Lipinski definition) is 1. The van der Waals surface area contributed by atoms with E-state index in [4.69, 9.17) is 0 Å². The topological polar surface area (TPSA) is 99.0 Å². The van der Waals surface area contributed by atoms with Gasteiger partial charge in [-0.2, -0.15) is 0 Å². The number of carbonyl (C=O) groups is 3. The van der Waals surface area contributed by atoms with Crippen LogP contribution in [0.1, 0.15) is 18.9 Å². The van der Waals surface area contributed by atoms with Gasteiger partial charge in [0.1, 0.15) is 13.1 Å². The molecule has 0 unspecified atom stereocenters. The van der Waals surface area contributed by atoms with Crippen molar-refractivity contribution in [1.82, 2.24) is 24.3 Å². The van der Waals surface area contributed by atoms with Gasteiger partial charge in [-0.1, -0.05) is 12.1 Å². The van der Waals surface area contributed by atoms with Gasteiger partial charge in [0.05, 0.1) is 29.5 Å². The number of aliphatic hydroxyl groups is 1. The molecule has 5 rings (SSSR count). The molecule has 9 nitrogen and oxygen atoms in total. The van der Waals surface area contributed by atoms with E-state index in [0.717, 1.165) is 22.4 Å². The molecule has 1 aliphatic carbocycles. The molecule has 2 saturated heterocycles. The molecule has 0 bridgehead atoms. The lowest BCUT2D eigenvalue weighted by Gasteiger charge is -2.36. The van der Waals surface area contributed by atoms with Crippen LogP contribution in [-0.2, 0) is 9.59 Å². The van der Waals surface area contributed by atoms with Crippen molar-refractivity contribution in [2.24, 2.45) is 11.8 Å². The van der Waals surface area contributed by atoms with Gasteiger partial charge in [-0.05, 0) is 36.8 Å². The van der Waals surface area contributed by atoms with Crippen LogP contribution in [0.25, 0.3) is 11.0 Å². The summed E-state index contributed by atoms with van der Waals surface area (Å²) in [5.74, 6) is -0.0470. The predicted molar refractivity (Wildman–Crippen MR) is 107 cm³/mol. The zero-order valence-corrected chi connectivity index (χ0v) is 16.8. The number of para-hydroxylation sites is 2. The highest BCUT2D eigenvalue weighted by molar-refractivity contribution is 6.04. The van der Waals surface area contributed by atoms with Gasteiger partial charge in [0.15, 0.2) is 0 Å². The van der Waals surface area contributed by atoms with Gasteiger partial charge in [0, 0.05) is 20.1 Å². The molecule has 2 aliphatic heterocycles. The third-order valence-electron chi connectivity index (χ3n) is 6.82. The fourth-order valence-electron chi connectivity index (χ4n) is 5.21. The first-order valence-electron chi connectivity index (χ1n) is 10.3. The molecule has 0 radical (unpaired) electrons. The zero-order chi connectivity index (χ0) is 21.0. The molecular formula is C21H25N5O4. The summed E-state index contributed by atoms with van der Waals surface area (Å²) < 4.78 is 2.05. The number of benzene rings is 1. The highest BCUT2D eigenvalue weighted by Crippen LogP contribution is 2.42. The summed E-state index contributed by atoms with van der Waals surface area (Å²) in [5, 5.41) is 10.8. The summed E-state index contributed by atoms with van der Waals surface area (Å²) in [6.45, 7) is 0.957. The zero-order valence-electron chi connectivity index (χ0n) is 16.8. The van der Waals surface area contributed by atoms with E-state index in [9.17, 15) is 19.5 Å². The number of aromatic nitrogens is 2. The fourth-order valence-corrected chi connectivity index (χ4v) is 5.21. The molecule has 9 heteroatoms. The summed E-state index contributed by atoms with van der Waals surface area (Å²) in [5.41, 5.74) is 1.90. The number of aliphatic hydroxyl groups excluding tert-OH is 1. The van der Waals surface area contributed by atoms with Crippen LogP contribution in [0.4, 0.5) is 4.79 Å². The number of nitrogens with zero attached hydrogens (tertiary/aromatic N) is 5. The smallest absolute Gasteiger partial charge is 0.327 e. The molecule has 30 heavy (non-hydrogen) atoms. The van der Waals surface area contributed by atoms with Gasteiger partial charge in [-0.15, -0.1) is 0 Å². The first-order valence-corrected chi connectivity index (χ1v) is 10.3. The SMILES string of the molecule is CN1CC(=O)N(CC(=O)N2C[C@H]3C[C@@H](n4cnc5ccccc54)[C@H](O)C[C@H]3C2)C1=O. The van der Waals surface area contributed by atoms with E-state index in [-0.39, 0.29) is 42.8 Å². The van der Waals surface area contributed by atoms with Crippen LogP contribution in [-0.4, -0.2) is 86.5 Å². The van der Waals surface area contributed by atoms with Crippen molar-refractivity contribution in [2.45, 2.75) is 25.0 Å². The summed E-state index contributed by atoms with van der Waals surface area (Å²) in [6, 6.07) is 7.37. The van der Waals surface area contributed by atoms with Gasteiger partial charge >= 0.3 is 6.03 Å². The Morgan fingerprint density at radius 2 is 1.90 bits per heavy atom. The molecule has 1 N–H and O–H groups in total. The molecule has 158 valence electrons. The van der Waals surface area contributed by atoms with E-state index in [2.05, 4.69) is 9.55 Å². The lowest BCUT2D eigenvalue weighted by atomic mass is 9.77. The van der Waals surface area contributed by atoms with Crippen LogP contribution < -0.4 is 0 Å². The minimum absolute atomic E-state index is 0.0180. The molecule has 3 heterocycles. The molecule has 1 aromatic carbocycles. The minimum Gasteiger partial charge on any atom is -0.391 e. The second kappa shape index (κ2) is 7.09. The highest BCUT2D eigenvalue weighted by atomic mass is 16.3. The third-order valence-corrected chi connectivity index (χ3v) is 6.82. The van der Waals surface area contributed by atoms with E-state index in [0.29, 0.717) is 19.5 Å². The Bertz CT molecular complexity index is 1020. The van der Waals surface area contributed by atoms with E-state index in [1.165, 1.54) is 4.90 Å². The molecular weight excluding hydrogens is 386 g/mol. The lowest BCUT2D eigenvalue weighted by Crippen LogP contribution is -2.42. The summed E-state index contributed by atoms with van der Waals surface area (Å²) >= 11 is 0. The molecule has 1 aromatic heterocycles. The molecule has 4 atom stereocenters. The second-order valence-corrected chi connectivity index (χ2v) is 8.68. The van der Waals surface area contributed by atoms with Gasteiger partial charge < -0.3 is 19.5 Å². The van der Waals surface area contributed by atoms with Crippen molar-refractivity contribution >= 4 is 28.9 Å². The van der Waals surface area contributed by atoms with Crippen LogP contribution in [0.5, 0.6) is 0 Å². The van der Waals surface area contributed by atoms with E-state index < -0.39 is 12.1 Å². The maximum atomic E-state index is 12.8. The van der Waals surface area contributed by atoms with Crippen LogP contribution >= 0.6 is 0 Å². The lowest BCUT2D eigenvalue weighted by molar-refractivity contribution is -0.136. The number of likely N-dealkylation sites (tertiary alicyclic amines) is 1. The normalized spacial score (nSPS) is 29.2. The molecule has 4 amide bonds. The molecule has 3 fully saturated rings. The largest absolute Gasteiger partial charge is 0.391 e. The van der Waals surface area contributed by atoms with Crippen molar-refractivity contribution < 1.29 is 19.5 Å². The number of likely N-dealkylation sites (N-methyl/N-ethyl adjacent to an activating group) is 1. The van der Waals surface area contributed by atoms with Crippen LogP contribution in [0.3, 0.4) is 0 Å². The highest BCUT2D eigenvalue weighted by Gasteiger charge is 2.45. The standard InChI is InChI=1S/C21H25N5O4/c1-23-10-20(29)25(21(23)30)11-19(28)24-8-13-6-17(18(27)7-14(13)9-24)26-12-22-15-4-2-3-5-16(15)26/h2-5,12-14,17-18,27H,6-11H2,1H3/t13-,14+,17-,18-/m1/s1. The number of urea groups is 1. The Morgan fingerprint density at radius 1 is 1.17 bits per heavy atom. The number of hydrogen-bond acceptors (Lipinski definition) is 5. The van der Waals surface area contributed by atoms with E-state index >= 15 is 0 Å². The Labute approximate surface area is 173 Å². The average Bonchev–Trinajstić information content (AvgIpc) is 3.39. The Hall–Kier alpha value is -2.94. The quantitative estimate of drug-likeness (QED) is 0.750. The maximum absolute atomic E-state index is 12.8. The number of fused-ring (bicyclic) bond motifs is 2. The molecule has 0 spiro atoms. The second-order valence-electron chi connectivity index (χ2n) is 8.68. The predicted octanol–water partition coefficient (Wildman–Crippen LogP) is 0.701. The Morgan fingerprint density at radius 3 is 2.63 bits per heavy atom. The average molecular weight is 411 g/mol. The van der Waals surface area contributed by atoms with Crippen LogP contribution in [0.2, 0.25) is 0 Å².